The number of carbonyl (C=O) groups is 9. The molecule has 23 nitrogen and oxygen atoms in total. The lowest BCUT2D eigenvalue weighted by Crippen LogP contribution is -2.61. The Balaban J connectivity index is 6.07. The fourth-order valence-electron chi connectivity index (χ4n) is 4.73. The van der Waals surface area contributed by atoms with Gasteiger partial charge in [0, 0.05) is 13.0 Å². The van der Waals surface area contributed by atoms with Crippen molar-refractivity contribution in [2.45, 2.75) is 115 Å². The van der Waals surface area contributed by atoms with Crippen LogP contribution < -0.4 is 54.8 Å². The SMILES string of the molecule is CC(C)C[C@H](NC(=O)[C@@H](NC(=O)[C@H](CO)NC(=O)[C@H](CC(=O)O)NC(=O)[C@H](CCCN=C(N)N)NC(=O)[C@@H](N)CCC(N)=O)C(C)C)C(=O)N[C@@H](C)C(=O)O. The third-order valence-electron chi connectivity index (χ3n) is 7.76. The maximum atomic E-state index is 13.3. The Hall–Kier alpha value is -5.58. The molecule has 0 unspecified atom stereocenters. The summed E-state index contributed by atoms with van der Waals surface area (Å²) in [6, 6.07) is -10.1. The van der Waals surface area contributed by atoms with Crippen LogP contribution in [0.25, 0.3) is 0 Å². The van der Waals surface area contributed by atoms with Gasteiger partial charge < -0.3 is 70.2 Å². The maximum absolute atomic E-state index is 13.3. The number of hydrogen-bond donors (Lipinski definition) is 13. The third-order valence-corrected chi connectivity index (χ3v) is 7.76. The van der Waals surface area contributed by atoms with Gasteiger partial charge in [0.05, 0.1) is 19.1 Å². The fourth-order valence-corrected chi connectivity index (χ4v) is 4.73. The van der Waals surface area contributed by atoms with Gasteiger partial charge in [0.1, 0.15) is 36.3 Å². The van der Waals surface area contributed by atoms with Crippen molar-refractivity contribution in [1.29, 1.82) is 0 Å². The van der Waals surface area contributed by atoms with Crippen LogP contribution in [0, 0.1) is 11.8 Å². The second kappa shape index (κ2) is 24.7. The molecule has 0 bridgehead atoms. The summed E-state index contributed by atoms with van der Waals surface area (Å²) in [6.07, 6.45) is -1.31. The topological polar surface area (TPSA) is 403 Å². The van der Waals surface area contributed by atoms with E-state index in [4.69, 9.17) is 28.0 Å². The van der Waals surface area contributed by atoms with Crippen LogP contribution in [0.4, 0.5) is 0 Å². The molecule has 312 valence electrons. The predicted octanol–water partition coefficient (Wildman–Crippen LogP) is -5.18. The minimum Gasteiger partial charge on any atom is -0.481 e. The summed E-state index contributed by atoms with van der Waals surface area (Å²) in [5.41, 5.74) is 21.5. The smallest absolute Gasteiger partial charge is 0.325 e. The molecule has 55 heavy (non-hydrogen) atoms. The van der Waals surface area contributed by atoms with E-state index in [9.17, 15) is 53.4 Å². The molecular formula is C32H57N11O12. The molecule has 0 saturated carbocycles. The van der Waals surface area contributed by atoms with Crippen LogP contribution in [0.3, 0.4) is 0 Å². The summed E-state index contributed by atoms with van der Waals surface area (Å²) in [4.78, 5) is 117. The van der Waals surface area contributed by atoms with E-state index >= 15 is 0 Å². The second-order valence-corrected chi connectivity index (χ2v) is 13.5. The van der Waals surface area contributed by atoms with Crippen LogP contribution in [-0.2, 0) is 43.2 Å². The molecular weight excluding hydrogens is 730 g/mol. The number of aliphatic imine (C=N–C) groups is 1. The van der Waals surface area contributed by atoms with Crippen molar-refractivity contribution in [1.82, 2.24) is 31.9 Å². The van der Waals surface area contributed by atoms with Crippen LogP contribution in [-0.4, -0.2) is 130 Å². The van der Waals surface area contributed by atoms with Crippen molar-refractivity contribution in [3.8, 4) is 0 Å². The van der Waals surface area contributed by atoms with Gasteiger partial charge in [-0.2, -0.15) is 0 Å². The van der Waals surface area contributed by atoms with Crippen molar-refractivity contribution >= 4 is 59.2 Å². The molecule has 0 saturated heterocycles. The minimum absolute atomic E-state index is 0.0208. The highest BCUT2D eigenvalue weighted by atomic mass is 16.4. The number of hydrogen-bond acceptors (Lipinski definition) is 12. The highest BCUT2D eigenvalue weighted by Crippen LogP contribution is 2.10. The van der Waals surface area contributed by atoms with E-state index in [1.807, 2.05) is 0 Å². The Bertz CT molecular complexity index is 1400. The Morgan fingerprint density at radius 1 is 0.636 bits per heavy atom. The monoisotopic (exact) mass is 787 g/mol. The fraction of sp³-hybridized carbons (Fsp3) is 0.688. The lowest BCUT2D eigenvalue weighted by molar-refractivity contribution is -0.142. The molecule has 0 aliphatic carbocycles. The van der Waals surface area contributed by atoms with Gasteiger partial charge in [0.25, 0.3) is 0 Å². The lowest BCUT2D eigenvalue weighted by atomic mass is 9.99. The van der Waals surface area contributed by atoms with E-state index in [2.05, 4.69) is 36.9 Å². The molecule has 0 aromatic carbocycles. The zero-order valence-corrected chi connectivity index (χ0v) is 31.6. The molecule has 0 fully saturated rings. The maximum Gasteiger partial charge on any atom is 0.325 e. The zero-order chi connectivity index (χ0) is 42.6. The van der Waals surface area contributed by atoms with Gasteiger partial charge >= 0.3 is 11.9 Å². The average molecular weight is 788 g/mol. The Labute approximate surface area is 317 Å². The summed E-state index contributed by atoms with van der Waals surface area (Å²) >= 11 is 0. The summed E-state index contributed by atoms with van der Waals surface area (Å²) in [7, 11) is 0. The number of nitrogens with zero attached hydrogens (tertiary/aromatic N) is 1. The van der Waals surface area contributed by atoms with Gasteiger partial charge in [-0.1, -0.05) is 27.7 Å². The number of rotatable bonds is 26. The van der Waals surface area contributed by atoms with Crippen LogP contribution in [0.1, 0.15) is 73.1 Å². The van der Waals surface area contributed by atoms with E-state index in [1.165, 1.54) is 6.92 Å². The number of aliphatic hydroxyl groups is 1. The number of carboxylic acid groups (broad SMARTS) is 2. The summed E-state index contributed by atoms with van der Waals surface area (Å²) in [5.74, 6) is -10.4. The van der Waals surface area contributed by atoms with Crippen molar-refractivity contribution in [2.75, 3.05) is 13.2 Å². The first-order chi connectivity index (χ1) is 25.5. The Morgan fingerprint density at radius 2 is 1.15 bits per heavy atom. The second-order valence-electron chi connectivity index (χ2n) is 13.5. The first-order valence-corrected chi connectivity index (χ1v) is 17.5. The molecule has 0 aromatic rings. The zero-order valence-electron chi connectivity index (χ0n) is 31.6. The van der Waals surface area contributed by atoms with Crippen molar-refractivity contribution < 1.29 is 58.5 Å². The molecule has 0 spiro atoms. The normalized spacial score (nSPS) is 14.8. The number of nitrogens with one attached hydrogen (secondary N) is 6. The lowest BCUT2D eigenvalue weighted by Gasteiger charge is -2.28. The molecule has 0 aliphatic rings. The number of primary amides is 1. The van der Waals surface area contributed by atoms with Gasteiger partial charge in [0.2, 0.25) is 41.4 Å². The first kappa shape index (κ1) is 49.4. The van der Waals surface area contributed by atoms with Crippen LogP contribution in [0.5, 0.6) is 0 Å². The van der Waals surface area contributed by atoms with Crippen molar-refractivity contribution in [3.05, 3.63) is 0 Å². The minimum atomic E-state index is -1.86. The summed E-state index contributed by atoms with van der Waals surface area (Å²) in [5, 5.41) is 42.5. The highest BCUT2D eigenvalue weighted by Gasteiger charge is 2.35. The quantitative estimate of drug-likeness (QED) is 0.0221. The summed E-state index contributed by atoms with van der Waals surface area (Å²) in [6.45, 7) is 6.84. The van der Waals surface area contributed by atoms with E-state index in [0.29, 0.717) is 0 Å². The number of amides is 7. The molecule has 7 atom stereocenters. The average Bonchev–Trinajstić information content (AvgIpc) is 3.07. The number of aliphatic hydroxyl groups excluding tert-OH is 1. The van der Waals surface area contributed by atoms with Crippen LogP contribution in [0.15, 0.2) is 4.99 Å². The van der Waals surface area contributed by atoms with Crippen LogP contribution in [0.2, 0.25) is 0 Å². The molecule has 0 radical (unpaired) electrons. The molecule has 17 N–H and O–H groups in total. The van der Waals surface area contributed by atoms with Gasteiger partial charge in [0.15, 0.2) is 5.96 Å². The van der Waals surface area contributed by atoms with E-state index < -0.39 is 115 Å². The van der Waals surface area contributed by atoms with E-state index in [1.54, 1.807) is 27.7 Å². The number of carboxylic acids is 2. The van der Waals surface area contributed by atoms with Gasteiger partial charge in [-0.3, -0.25) is 48.1 Å². The number of carbonyl (C=O) groups excluding carboxylic acids is 7. The Kier molecular flexibility index (Phi) is 22.2. The Morgan fingerprint density at radius 3 is 1.64 bits per heavy atom. The highest BCUT2D eigenvalue weighted by molar-refractivity contribution is 5.98. The molecule has 23 heteroatoms. The van der Waals surface area contributed by atoms with Crippen molar-refractivity contribution in [2.24, 2.45) is 39.8 Å². The molecule has 0 heterocycles. The number of nitrogens with two attached hydrogens (primary N) is 4. The predicted molar refractivity (Wildman–Crippen MR) is 195 cm³/mol. The van der Waals surface area contributed by atoms with E-state index in [-0.39, 0.29) is 50.5 Å². The van der Waals surface area contributed by atoms with Gasteiger partial charge in [-0.15, -0.1) is 0 Å². The van der Waals surface area contributed by atoms with Gasteiger partial charge in [-0.05, 0) is 44.4 Å². The molecule has 0 aliphatic heterocycles. The number of aliphatic carboxylic acids is 2. The van der Waals surface area contributed by atoms with E-state index in [0.717, 1.165) is 0 Å². The molecule has 0 rings (SSSR count). The summed E-state index contributed by atoms with van der Waals surface area (Å²) < 4.78 is 0. The largest absolute Gasteiger partial charge is 0.481 e. The van der Waals surface area contributed by atoms with Crippen molar-refractivity contribution in [3.63, 3.8) is 0 Å². The standard InChI is InChI=1S/C32H57N11O12/c1-14(2)11-19(27(50)38-16(5)31(54)55)41-30(53)24(15(3)4)43-29(52)21(13-44)42-28(51)20(12-23(46)47)40-26(49)18(7-6-10-37-32(35)36)39-25(48)17(33)8-9-22(34)45/h14-21,24,44H,6-13,33H2,1-5H3,(H2,34,45)(H,38,50)(H,39,48)(H,40,49)(H,41,53)(H,42,51)(H,43,52)(H,46,47)(H,54,55)(H4,35,36,37)/t16-,17-,18-,19-,20-,21-,24-/m0/s1. The van der Waals surface area contributed by atoms with Gasteiger partial charge in [-0.25, -0.2) is 0 Å². The van der Waals surface area contributed by atoms with Crippen LogP contribution >= 0.6 is 0 Å². The molecule has 0 aromatic heterocycles. The third kappa shape index (κ3) is 19.9. The molecule has 7 amide bonds. The number of guanidine groups is 1. The first-order valence-electron chi connectivity index (χ1n) is 17.5.